The maximum atomic E-state index is 2.64. The quantitative estimate of drug-likeness (QED) is 0.827. The van der Waals surface area contributed by atoms with Crippen LogP contribution in [0.4, 0.5) is 5.69 Å². The molecule has 0 spiro atoms. The molecular weight excluding hydrogens is 332 g/mol. The van der Waals surface area contributed by atoms with Gasteiger partial charge in [0.2, 0.25) is 0 Å². The minimum atomic E-state index is 0.349. The molecule has 0 aliphatic carbocycles. The molecule has 2 heterocycles. The number of likely N-dealkylation sites (N-methyl/N-ethyl adjacent to an activating group) is 2. The van der Waals surface area contributed by atoms with E-state index in [0.29, 0.717) is 6.04 Å². The average Bonchev–Trinajstić information content (AvgIpc) is 2.72. The first kappa shape index (κ1) is 18.5. The first-order valence-electron chi connectivity index (χ1n) is 10.2. The van der Waals surface area contributed by atoms with Crippen LogP contribution in [-0.2, 0) is 0 Å². The van der Waals surface area contributed by atoms with Crippen LogP contribution in [0.15, 0.2) is 54.6 Å². The van der Waals surface area contributed by atoms with Gasteiger partial charge in [-0.25, -0.2) is 0 Å². The highest BCUT2D eigenvalue weighted by Gasteiger charge is 2.25. The smallest absolute Gasteiger partial charge is 0.0602 e. The molecule has 27 heavy (non-hydrogen) atoms. The van der Waals surface area contributed by atoms with E-state index in [1.807, 2.05) is 0 Å². The molecule has 2 saturated heterocycles. The van der Waals surface area contributed by atoms with Crippen LogP contribution in [0.2, 0.25) is 0 Å². The van der Waals surface area contributed by atoms with Gasteiger partial charge in [0.25, 0.3) is 0 Å². The average molecular weight is 365 g/mol. The monoisotopic (exact) mass is 364 g/mol. The summed E-state index contributed by atoms with van der Waals surface area (Å²) in [5.41, 5.74) is 4.16. The standard InChI is InChI=1S/C23H32N4/c1-24-12-16-26(17-13-24)22-10-8-21(9-11-22)23(20-6-4-3-5-7-20)27-18-14-25(2)15-19-27/h3-11,23H,12-19H2,1-2H3. The topological polar surface area (TPSA) is 13.0 Å². The molecule has 1 atom stereocenters. The van der Waals surface area contributed by atoms with Gasteiger partial charge in [0.05, 0.1) is 6.04 Å². The Labute approximate surface area is 164 Å². The van der Waals surface area contributed by atoms with Crippen molar-refractivity contribution in [2.45, 2.75) is 6.04 Å². The number of nitrogens with zero attached hydrogens (tertiary/aromatic N) is 4. The van der Waals surface area contributed by atoms with Gasteiger partial charge in [0.15, 0.2) is 0 Å². The van der Waals surface area contributed by atoms with Gasteiger partial charge in [0.1, 0.15) is 0 Å². The molecule has 0 radical (unpaired) electrons. The highest BCUT2D eigenvalue weighted by atomic mass is 15.3. The first-order chi connectivity index (χ1) is 13.2. The van der Waals surface area contributed by atoms with Crippen LogP contribution >= 0.6 is 0 Å². The van der Waals surface area contributed by atoms with Crippen molar-refractivity contribution < 1.29 is 0 Å². The molecular formula is C23H32N4. The fourth-order valence-corrected chi connectivity index (χ4v) is 4.26. The Balaban J connectivity index is 1.56. The van der Waals surface area contributed by atoms with Crippen LogP contribution in [0.1, 0.15) is 17.2 Å². The highest BCUT2D eigenvalue weighted by molar-refractivity contribution is 5.49. The maximum Gasteiger partial charge on any atom is 0.0602 e. The second-order valence-electron chi connectivity index (χ2n) is 8.03. The molecule has 0 N–H and O–H groups in total. The second-order valence-corrected chi connectivity index (χ2v) is 8.03. The number of anilines is 1. The van der Waals surface area contributed by atoms with Gasteiger partial charge in [-0.15, -0.1) is 0 Å². The Kier molecular flexibility index (Phi) is 5.77. The maximum absolute atomic E-state index is 2.64. The summed E-state index contributed by atoms with van der Waals surface area (Å²) in [6.45, 7) is 9.07. The summed E-state index contributed by atoms with van der Waals surface area (Å²) in [6, 6.07) is 20.7. The normalized spacial score (nSPS) is 21.3. The molecule has 2 aromatic carbocycles. The molecule has 144 valence electrons. The van der Waals surface area contributed by atoms with Gasteiger partial charge >= 0.3 is 0 Å². The highest BCUT2D eigenvalue weighted by Crippen LogP contribution is 2.31. The summed E-state index contributed by atoms with van der Waals surface area (Å²) in [5.74, 6) is 0. The third-order valence-electron chi connectivity index (χ3n) is 6.10. The Morgan fingerprint density at radius 3 is 1.70 bits per heavy atom. The van der Waals surface area contributed by atoms with Gasteiger partial charge in [-0.1, -0.05) is 42.5 Å². The predicted octanol–water partition coefficient (Wildman–Crippen LogP) is 2.78. The summed E-state index contributed by atoms with van der Waals surface area (Å²) >= 11 is 0. The van der Waals surface area contributed by atoms with Crippen LogP contribution in [0.5, 0.6) is 0 Å². The summed E-state index contributed by atoms with van der Waals surface area (Å²) in [7, 11) is 4.43. The minimum absolute atomic E-state index is 0.349. The fourth-order valence-electron chi connectivity index (χ4n) is 4.26. The van der Waals surface area contributed by atoms with Gasteiger partial charge in [-0.2, -0.15) is 0 Å². The summed E-state index contributed by atoms with van der Waals surface area (Å²) < 4.78 is 0. The van der Waals surface area contributed by atoms with Crippen molar-refractivity contribution in [2.24, 2.45) is 0 Å². The van der Waals surface area contributed by atoms with Crippen molar-refractivity contribution in [1.82, 2.24) is 14.7 Å². The molecule has 4 nitrogen and oxygen atoms in total. The summed E-state index contributed by atoms with van der Waals surface area (Å²) in [6.07, 6.45) is 0. The second kappa shape index (κ2) is 8.42. The lowest BCUT2D eigenvalue weighted by Crippen LogP contribution is -2.46. The van der Waals surface area contributed by atoms with E-state index in [2.05, 4.69) is 88.3 Å². The van der Waals surface area contributed by atoms with Crippen LogP contribution < -0.4 is 4.90 Å². The number of benzene rings is 2. The molecule has 2 aliphatic rings. The van der Waals surface area contributed by atoms with Crippen molar-refractivity contribution in [2.75, 3.05) is 71.4 Å². The molecule has 2 aromatic rings. The minimum Gasteiger partial charge on any atom is -0.369 e. The lowest BCUT2D eigenvalue weighted by atomic mass is 9.96. The lowest BCUT2D eigenvalue weighted by molar-refractivity contribution is 0.127. The Bertz CT molecular complexity index is 699. The van der Waals surface area contributed by atoms with Crippen molar-refractivity contribution in [3.05, 3.63) is 65.7 Å². The number of piperazine rings is 2. The third kappa shape index (κ3) is 4.34. The third-order valence-corrected chi connectivity index (χ3v) is 6.10. The molecule has 1 unspecified atom stereocenters. The van der Waals surface area contributed by atoms with E-state index >= 15 is 0 Å². The summed E-state index contributed by atoms with van der Waals surface area (Å²) in [4.78, 5) is 9.98. The van der Waals surface area contributed by atoms with Crippen LogP contribution in [0.3, 0.4) is 0 Å². The van der Waals surface area contributed by atoms with E-state index in [1.165, 1.54) is 16.8 Å². The van der Waals surface area contributed by atoms with Crippen molar-refractivity contribution in [1.29, 1.82) is 0 Å². The van der Waals surface area contributed by atoms with E-state index < -0.39 is 0 Å². The SMILES string of the molecule is CN1CCN(c2ccc(C(c3ccccc3)N3CCN(C)CC3)cc2)CC1. The zero-order valence-corrected chi connectivity index (χ0v) is 16.7. The summed E-state index contributed by atoms with van der Waals surface area (Å²) in [5, 5.41) is 0. The zero-order chi connectivity index (χ0) is 18.6. The molecule has 2 fully saturated rings. The van der Waals surface area contributed by atoms with E-state index in [0.717, 1.165) is 52.4 Å². The molecule has 0 amide bonds. The van der Waals surface area contributed by atoms with E-state index in [4.69, 9.17) is 0 Å². The van der Waals surface area contributed by atoms with Gasteiger partial charge in [-0.05, 0) is 37.4 Å². The fraction of sp³-hybridized carbons (Fsp3) is 0.478. The van der Waals surface area contributed by atoms with E-state index in [1.54, 1.807) is 0 Å². The zero-order valence-electron chi connectivity index (χ0n) is 16.7. The largest absolute Gasteiger partial charge is 0.369 e. The molecule has 4 heteroatoms. The molecule has 0 aromatic heterocycles. The molecule has 0 bridgehead atoms. The number of rotatable bonds is 4. The number of hydrogen-bond donors (Lipinski definition) is 0. The predicted molar refractivity (Wildman–Crippen MR) is 114 cm³/mol. The first-order valence-corrected chi connectivity index (χ1v) is 10.2. The van der Waals surface area contributed by atoms with Crippen LogP contribution in [0, 0.1) is 0 Å². The van der Waals surface area contributed by atoms with Gasteiger partial charge in [0, 0.05) is 58.0 Å². The Hall–Kier alpha value is -1.88. The lowest BCUT2D eigenvalue weighted by Gasteiger charge is -2.39. The Morgan fingerprint density at radius 1 is 0.593 bits per heavy atom. The van der Waals surface area contributed by atoms with Gasteiger partial charge in [-0.3, -0.25) is 4.90 Å². The van der Waals surface area contributed by atoms with Gasteiger partial charge < -0.3 is 14.7 Å². The van der Waals surface area contributed by atoms with Crippen molar-refractivity contribution >= 4 is 5.69 Å². The number of hydrogen-bond acceptors (Lipinski definition) is 4. The van der Waals surface area contributed by atoms with E-state index in [9.17, 15) is 0 Å². The van der Waals surface area contributed by atoms with Crippen molar-refractivity contribution in [3.63, 3.8) is 0 Å². The van der Waals surface area contributed by atoms with Crippen LogP contribution in [0.25, 0.3) is 0 Å². The van der Waals surface area contributed by atoms with Crippen molar-refractivity contribution in [3.8, 4) is 0 Å². The molecule has 2 aliphatic heterocycles. The van der Waals surface area contributed by atoms with E-state index in [-0.39, 0.29) is 0 Å². The van der Waals surface area contributed by atoms with Crippen LogP contribution in [-0.4, -0.2) is 81.2 Å². The molecule has 0 saturated carbocycles. The Morgan fingerprint density at radius 2 is 1.11 bits per heavy atom. The molecule has 4 rings (SSSR count).